The van der Waals surface area contributed by atoms with Crippen molar-refractivity contribution in [2.75, 3.05) is 7.11 Å². The molecule has 19 heavy (non-hydrogen) atoms. The number of carbonyl (C=O) groups excluding carboxylic acids is 1. The minimum absolute atomic E-state index is 0.167. The molecule has 0 N–H and O–H groups in total. The molecule has 0 atom stereocenters. The molecule has 0 heterocycles. The van der Waals surface area contributed by atoms with Gasteiger partial charge in [0.25, 0.3) is 0 Å². The first-order chi connectivity index (χ1) is 8.88. The van der Waals surface area contributed by atoms with Crippen molar-refractivity contribution in [2.45, 2.75) is 25.9 Å². The van der Waals surface area contributed by atoms with Gasteiger partial charge in [0.1, 0.15) is 5.75 Å². The van der Waals surface area contributed by atoms with Crippen LogP contribution in [0.1, 0.15) is 30.1 Å². The third-order valence-electron chi connectivity index (χ3n) is 2.54. The molecular formula is C14H15F3O2. The van der Waals surface area contributed by atoms with Crippen LogP contribution >= 0.6 is 0 Å². The number of halogens is 3. The molecule has 1 aromatic carbocycles. The maximum Gasteiger partial charge on any atom is 0.412 e. The molecule has 0 saturated heterocycles. The molecule has 0 saturated carbocycles. The normalized spacial score (nSPS) is 12.4. The Balaban J connectivity index is 3.03. The molecule has 0 spiro atoms. The van der Waals surface area contributed by atoms with Crippen LogP contribution in [0, 0.1) is 0 Å². The standard InChI is InChI=1S/C14H15F3O2/c1-3-5-11(14(15,16)17)9-13(18)10-6-4-7-12(8-10)19-2/h4,6-9H,3,5H2,1-2H3/b11-9+. The van der Waals surface area contributed by atoms with Gasteiger partial charge < -0.3 is 4.74 Å². The van der Waals surface area contributed by atoms with Crippen molar-refractivity contribution in [1.29, 1.82) is 0 Å². The lowest BCUT2D eigenvalue weighted by molar-refractivity contribution is -0.0941. The molecule has 0 radical (unpaired) electrons. The number of rotatable bonds is 5. The zero-order valence-corrected chi connectivity index (χ0v) is 10.8. The number of hydrogen-bond donors (Lipinski definition) is 0. The maximum atomic E-state index is 12.7. The van der Waals surface area contributed by atoms with E-state index in [1.54, 1.807) is 19.1 Å². The van der Waals surface area contributed by atoms with Crippen LogP contribution < -0.4 is 4.74 Å². The number of methoxy groups -OCH3 is 1. The highest BCUT2D eigenvalue weighted by molar-refractivity contribution is 6.05. The summed E-state index contributed by atoms with van der Waals surface area (Å²) in [6.07, 6.45) is -3.64. The number of ketones is 1. The van der Waals surface area contributed by atoms with E-state index in [1.807, 2.05) is 0 Å². The minimum Gasteiger partial charge on any atom is -0.497 e. The van der Waals surface area contributed by atoms with E-state index in [2.05, 4.69) is 0 Å². The smallest absolute Gasteiger partial charge is 0.412 e. The third kappa shape index (κ3) is 4.43. The molecule has 0 aromatic heterocycles. The molecule has 0 unspecified atom stereocenters. The summed E-state index contributed by atoms with van der Waals surface area (Å²) in [5.74, 6) is -0.233. The Bertz CT molecular complexity index is 476. The van der Waals surface area contributed by atoms with Crippen molar-refractivity contribution >= 4 is 5.78 Å². The Morgan fingerprint density at radius 1 is 1.37 bits per heavy atom. The minimum atomic E-state index is -4.47. The van der Waals surface area contributed by atoms with Crippen LogP contribution in [0.4, 0.5) is 13.2 Å². The second kappa shape index (κ2) is 6.41. The van der Waals surface area contributed by atoms with Crippen molar-refractivity contribution in [3.05, 3.63) is 41.5 Å². The molecule has 0 aliphatic heterocycles. The van der Waals surface area contributed by atoms with Gasteiger partial charge in [0, 0.05) is 11.1 Å². The second-order valence-corrected chi connectivity index (χ2v) is 4.01. The largest absolute Gasteiger partial charge is 0.497 e. The van der Waals surface area contributed by atoms with Crippen LogP contribution in [0.25, 0.3) is 0 Å². The zero-order chi connectivity index (χ0) is 14.5. The molecule has 0 bridgehead atoms. The van der Waals surface area contributed by atoms with E-state index >= 15 is 0 Å². The van der Waals surface area contributed by atoms with Gasteiger partial charge in [-0.3, -0.25) is 4.79 Å². The summed E-state index contributed by atoms with van der Waals surface area (Å²) in [4.78, 5) is 11.8. The quantitative estimate of drug-likeness (QED) is 0.594. The lowest BCUT2D eigenvalue weighted by Crippen LogP contribution is -2.13. The van der Waals surface area contributed by atoms with E-state index in [0.717, 1.165) is 0 Å². The summed E-state index contributed by atoms with van der Waals surface area (Å²) >= 11 is 0. The first-order valence-electron chi connectivity index (χ1n) is 5.84. The topological polar surface area (TPSA) is 26.3 Å². The Morgan fingerprint density at radius 2 is 2.05 bits per heavy atom. The molecule has 0 aliphatic carbocycles. The third-order valence-corrected chi connectivity index (χ3v) is 2.54. The van der Waals surface area contributed by atoms with Gasteiger partial charge in [-0.1, -0.05) is 25.5 Å². The second-order valence-electron chi connectivity index (χ2n) is 4.01. The van der Waals surface area contributed by atoms with E-state index in [9.17, 15) is 18.0 Å². The summed E-state index contributed by atoms with van der Waals surface area (Å²) in [7, 11) is 1.43. The summed E-state index contributed by atoms with van der Waals surface area (Å²) in [6.45, 7) is 1.63. The summed E-state index contributed by atoms with van der Waals surface area (Å²) in [5.41, 5.74) is -0.625. The van der Waals surface area contributed by atoms with Crippen LogP contribution in [0.15, 0.2) is 35.9 Å². The van der Waals surface area contributed by atoms with Crippen molar-refractivity contribution in [3.63, 3.8) is 0 Å². The summed E-state index contributed by atoms with van der Waals surface area (Å²) < 4.78 is 43.0. The van der Waals surface area contributed by atoms with E-state index in [1.165, 1.54) is 19.2 Å². The lowest BCUT2D eigenvalue weighted by atomic mass is 10.0. The van der Waals surface area contributed by atoms with Crippen molar-refractivity contribution < 1.29 is 22.7 Å². The zero-order valence-electron chi connectivity index (χ0n) is 10.8. The first-order valence-corrected chi connectivity index (χ1v) is 5.84. The number of benzene rings is 1. The molecule has 0 amide bonds. The van der Waals surface area contributed by atoms with Crippen LogP contribution in [-0.2, 0) is 0 Å². The fourth-order valence-electron chi connectivity index (χ4n) is 1.58. The highest BCUT2D eigenvalue weighted by Gasteiger charge is 2.33. The fraction of sp³-hybridized carbons (Fsp3) is 0.357. The maximum absolute atomic E-state index is 12.7. The van der Waals surface area contributed by atoms with Crippen molar-refractivity contribution in [3.8, 4) is 5.75 Å². The highest BCUT2D eigenvalue weighted by atomic mass is 19.4. The first kappa shape index (κ1) is 15.3. The van der Waals surface area contributed by atoms with Gasteiger partial charge in [-0.2, -0.15) is 13.2 Å². The number of ether oxygens (including phenoxy) is 1. The van der Waals surface area contributed by atoms with Crippen LogP contribution in [-0.4, -0.2) is 19.1 Å². The predicted molar refractivity (Wildman–Crippen MR) is 66.4 cm³/mol. The molecule has 0 aliphatic rings. The summed E-state index contributed by atoms with van der Waals surface area (Å²) in [5, 5.41) is 0. The fourth-order valence-corrected chi connectivity index (χ4v) is 1.58. The molecule has 0 fully saturated rings. The van der Waals surface area contributed by atoms with E-state index in [4.69, 9.17) is 4.74 Å². The molecule has 1 rings (SSSR count). The van der Waals surface area contributed by atoms with Gasteiger partial charge in [-0.25, -0.2) is 0 Å². The lowest BCUT2D eigenvalue weighted by Gasteiger charge is -2.10. The van der Waals surface area contributed by atoms with Crippen molar-refractivity contribution in [2.24, 2.45) is 0 Å². The molecule has 2 nitrogen and oxygen atoms in total. The summed E-state index contributed by atoms with van der Waals surface area (Å²) in [6, 6.07) is 6.06. The van der Waals surface area contributed by atoms with E-state index in [0.29, 0.717) is 18.2 Å². The van der Waals surface area contributed by atoms with Crippen molar-refractivity contribution in [1.82, 2.24) is 0 Å². The Kier molecular flexibility index (Phi) is 5.15. The number of hydrogen-bond acceptors (Lipinski definition) is 2. The average molecular weight is 272 g/mol. The molecule has 5 heteroatoms. The number of carbonyl (C=O) groups is 1. The van der Waals surface area contributed by atoms with E-state index < -0.39 is 17.5 Å². The Hall–Kier alpha value is -1.78. The van der Waals surface area contributed by atoms with Gasteiger partial charge in [-0.15, -0.1) is 0 Å². The van der Waals surface area contributed by atoms with Gasteiger partial charge in [-0.05, 0) is 24.6 Å². The van der Waals surface area contributed by atoms with Gasteiger partial charge >= 0.3 is 6.18 Å². The SMILES string of the molecule is CCC/C(=C\C(=O)c1cccc(OC)c1)C(F)(F)F. The predicted octanol–water partition coefficient (Wildman–Crippen LogP) is 4.17. The number of allylic oxidation sites excluding steroid dienone is 2. The molecular weight excluding hydrogens is 257 g/mol. The number of alkyl halides is 3. The van der Waals surface area contributed by atoms with Crippen LogP contribution in [0.5, 0.6) is 5.75 Å². The van der Waals surface area contributed by atoms with Gasteiger partial charge in [0.05, 0.1) is 7.11 Å². The molecule has 1 aromatic rings. The average Bonchev–Trinajstić information content (AvgIpc) is 2.37. The highest BCUT2D eigenvalue weighted by Crippen LogP contribution is 2.29. The van der Waals surface area contributed by atoms with Crippen LogP contribution in [0.2, 0.25) is 0 Å². The Labute approximate surface area is 109 Å². The van der Waals surface area contributed by atoms with Gasteiger partial charge in [0.2, 0.25) is 0 Å². The monoisotopic (exact) mass is 272 g/mol. The molecule has 104 valence electrons. The van der Waals surface area contributed by atoms with E-state index in [-0.39, 0.29) is 12.0 Å². The van der Waals surface area contributed by atoms with Gasteiger partial charge in [0.15, 0.2) is 5.78 Å². The Morgan fingerprint density at radius 3 is 2.58 bits per heavy atom. The van der Waals surface area contributed by atoms with Crippen LogP contribution in [0.3, 0.4) is 0 Å².